The smallest absolute Gasteiger partial charge is 0.264 e. The number of amides is 2. The number of nitrogens with zero attached hydrogens (tertiary/aromatic N) is 2. The van der Waals surface area contributed by atoms with E-state index in [-0.39, 0.29) is 23.3 Å². The molecule has 0 bridgehead atoms. The molecule has 7 nitrogen and oxygen atoms in total. The topological polar surface area (TPSA) is 86.8 Å². The first kappa shape index (κ1) is 29.9. The molecule has 39 heavy (non-hydrogen) atoms. The number of nitrogens with one attached hydrogen (secondary N) is 1. The predicted molar refractivity (Wildman–Crippen MR) is 156 cm³/mol. The summed E-state index contributed by atoms with van der Waals surface area (Å²) in [5.74, 6) is -0.492. The minimum Gasteiger partial charge on any atom is -0.357 e. The Bertz CT molecular complexity index is 1380. The second kappa shape index (κ2) is 12.9. The minimum atomic E-state index is -4.09. The maximum Gasteiger partial charge on any atom is 0.264 e. The number of anilines is 1. The third kappa shape index (κ3) is 7.26. The van der Waals surface area contributed by atoms with Gasteiger partial charge in [-0.3, -0.25) is 13.9 Å². The monoisotopic (exact) mass is 549 g/mol. The molecule has 0 aliphatic heterocycles. The average molecular weight is 550 g/mol. The second-order valence-electron chi connectivity index (χ2n) is 10.1. The molecule has 2 amide bonds. The molecular formula is C31H39N3O4S. The number of carbonyl (C=O) groups is 2. The van der Waals surface area contributed by atoms with Crippen LogP contribution in [0.3, 0.4) is 0 Å². The molecule has 1 atom stereocenters. The van der Waals surface area contributed by atoms with Crippen molar-refractivity contribution in [3.63, 3.8) is 0 Å². The highest BCUT2D eigenvalue weighted by Crippen LogP contribution is 2.27. The normalized spacial score (nSPS) is 12.2. The first-order valence-electron chi connectivity index (χ1n) is 13.2. The summed E-state index contributed by atoms with van der Waals surface area (Å²) in [7, 11) is -2.55. The van der Waals surface area contributed by atoms with Crippen molar-refractivity contribution in [2.45, 2.75) is 64.4 Å². The van der Waals surface area contributed by atoms with Crippen molar-refractivity contribution in [2.75, 3.05) is 17.9 Å². The van der Waals surface area contributed by atoms with Crippen molar-refractivity contribution in [1.29, 1.82) is 0 Å². The van der Waals surface area contributed by atoms with Gasteiger partial charge in [-0.2, -0.15) is 0 Å². The van der Waals surface area contributed by atoms with E-state index < -0.39 is 28.5 Å². The molecule has 0 radical (unpaired) electrons. The fourth-order valence-corrected chi connectivity index (χ4v) is 5.90. The van der Waals surface area contributed by atoms with Gasteiger partial charge in [0.1, 0.15) is 12.6 Å². The summed E-state index contributed by atoms with van der Waals surface area (Å²) in [6.45, 7) is 9.53. The van der Waals surface area contributed by atoms with E-state index in [1.165, 1.54) is 11.9 Å². The van der Waals surface area contributed by atoms with E-state index in [1.54, 1.807) is 36.4 Å². The van der Waals surface area contributed by atoms with Gasteiger partial charge in [-0.25, -0.2) is 8.42 Å². The van der Waals surface area contributed by atoms with Crippen LogP contribution in [0.1, 0.15) is 55.4 Å². The van der Waals surface area contributed by atoms with Crippen molar-refractivity contribution in [1.82, 2.24) is 10.2 Å². The van der Waals surface area contributed by atoms with Crippen molar-refractivity contribution in [3.05, 3.63) is 95.1 Å². The Morgan fingerprint density at radius 1 is 0.897 bits per heavy atom. The van der Waals surface area contributed by atoms with E-state index in [2.05, 4.69) is 19.2 Å². The van der Waals surface area contributed by atoms with Crippen LogP contribution in [0.25, 0.3) is 0 Å². The Morgan fingerprint density at radius 3 is 2.08 bits per heavy atom. The molecular weight excluding hydrogens is 510 g/mol. The van der Waals surface area contributed by atoms with Crippen LogP contribution in [0.15, 0.2) is 77.7 Å². The van der Waals surface area contributed by atoms with Gasteiger partial charge < -0.3 is 10.2 Å². The lowest BCUT2D eigenvalue weighted by atomic mass is 10.0. The zero-order chi connectivity index (χ0) is 28.7. The molecule has 3 rings (SSSR count). The van der Waals surface area contributed by atoms with Crippen LogP contribution in [0.2, 0.25) is 0 Å². The first-order chi connectivity index (χ1) is 18.5. The minimum absolute atomic E-state index is 0.0948. The van der Waals surface area contributed by atoms with Crippen molar-refractivity contribution in [3.8, 4) is 0 Å². The van der Waals surface area contributed by atoms with E-state index in [0.717, 1.165) is 26.6 Å². The van der Waals surface area contributed by atoms with Gasteiger partial charge in [-0.15, -0.1) is 0 Å². The molecule has 0 aliphatic carbocycles. The third-order valence-electron chi connectivity index (χ3n) is 6.80. The SMILES string of the molecule is CCC(C(=O)NC)N(Cc1cccc(C)c1)C(=O)CN(c1ccc(C(C)C)cc1)S(=O)(=O)c1ccc(C)cc1. The van der Waals surface area contributed by atoms with Gasteiger partial charge in [0.2, 0.25) is 11.8 Å². The number of rotatable bonds is 11. The first-order valence-corrected chi connectivity index (χ1v) is 14.7. The number of likely N-dealkylation sites (N-methyl/N-ethyl adjacent to an activating group) is 1. The quantitative estimate of drug-likeness (QED) is 0.357. The van der Waals surface area contributed by atoms with Gasteiger partial charge in [0, 0.05) is 13.6 Å². The molecule has 0 spiro atoms. The largest absolute Gasteiger partial charge is 0.357 e. The van der Waals surface area contributed by atoms with E-state index in [1.807, 2.05) is 57.2 Å². The standard InChI is InChI=1S/C31H39N3O4S/c1-7-29(31(36)32-6)33(20-25-10-8-9-24(5)19-25)30(35)21-34(27-15-13-26(14-16-27)22(2)3)39(37,38)28-17-11-23(4)12-18-28/h8-19,22,29H,7,20-21H2,1-6H3,(H,32,36). The van der Waals surface area contributed by atoms with Crippen LogP contribution >= 0.6 is 0 Å². The van der Waals surface area contributed by atoms with Gasteiger partial charge >= 0.3 is 0 Å². The van der Waals surface area contributed by atoms with Gasteiger partial charge in [0.05, 0.1) is 10.6 Å². The molecule has 0 aliphatic rings. The van der Waals surface area contributed by atoms with E-state index in [9.17, 15) is 18.0 Å². The summed E-state index contributed by atoms with van der Waals surface area (Å²) in [5.41, 5.74) is 4.27. The van der Waals surface area contributed by atoms with Crippen LogP contribution in [-0.2, 0) is 26.2 Å². The fraction of sp³-hybridized carbons (Fsp3) is 0.355. The van der Waals surface area contributed by atoms with Gasteiger partial charge in [0.25, 0.3) is 10.0 Å². The second-order valence-corrected chi connectivity index (χ2v) is 12.0. The average Bonchev–Trinajstić information content (AvgIpc) is 2.91. The third-order valence-corrected chi connectivity index (χ3v) is 8.59. The summed E-state index contributed by atoms with van der Waals surface area (Å²) in [6, 6.07) is 20.8. The Hall–Kier alpha value is -3.65. The molecule has 1 N–H and O–H groups in total. The number of benzene rings is 3. The molecule has 1 unspecified atom stereocenters. The van der Waals surface area contributed by atoms with Crippen molar-refractivity contribution in [2.24, 2.45) is 0 Å². The molecule has 8 heteroatoms. The zero-order valence-electron chi connectivity index (χ0n) is 23.6. The molecule has 0 saturated heterocycles. The van der Waals surface area contributed by atoms with Gasteiger partial charge in [-0.05, 0) is 61.6 Å². The van der Waals surface area contributed by atoms with Crippen LogP contribution in [0, 0.1) is 13.8 Å². The highest BCUT2D eigenvalue weighted by molar-refractivity contribution is 7.92. The van der Waals surface area contributed by atoms with Crippen LogP contribution in [0.4, 0.5) is 5.69 Å². The molecule has 0 fully saturated rings. The Balaban J connectivity index is 2.07. The van der Waals surface area contributed by atoms with Gasteiger partial charge in [-0.1, -0.05) is 80.4 Å². The summed E-state index contributed by atoms with van der Waals surface area (Å²) >= 11 is 0. The molecule has 208 valence electrons. The lowest BCUT2D eigenvalue weighted by molar-refractivity contribution is -0.140. The lowest BCUT2D eigenvalue weighted by Crippen LogP contribution is -2.51. The van der Waals surface area contributed by atoms with E-state index >= 15 is 0 Å². The summed E-state index contributed by atoms with van der Waals surface area (Å²) in [4.78, 5) is 28.4. The summed E-state index contributed by atoms with van der Waals surface area (Å²) in [6.07, 6.45) is 0.380. The molecule has 0 aromatic heterocycles. The molecule has 0 heterocycles. The van der Waals surface area contributed by atoms with Gasteiger partial charge in [0.15, 0.2) is 0 Å². The maximum absolute atomic E-state index is 14.0. The number of sulfonamides is 1. The number of hydrogen-bond acceptors (Lipinski definition) is 4. The van der Waals surface area contributed by atoms with Crippen LogP contribution in [-0.4, -0.2) is 44.8 Å². The molecule has 3 aromatic rings. The van der Waals surface area contributed by atoms with Crippen molar-refractivity contribution >= 4 is 27.5 Å². The predicted octanol–water partition coefficient (Wildman–Crippen LogP) is 5.18. The lowest BCUT2D eigenvalue weighted by Gasteiger charge is -2.33. The summed E-state index contributed by atoms with van der Waals surface area (Å²) < 4.78 is 29.0. The molecule has 3 aromatic carbocycles. The fourth-order valence-electron chi connectivity index (χ4n) is 4.48. The van der Waals surface area contributed by atoms with E-state index in [0.29, 0.717) is 12.1 Å². The maximum atomic E-state index is 14.0. The Labute approximate surface area is 232 Å². The molecule has 0 saturated carbocycles. The van der Waals surface area contributed by atoms with Crippen LogP contribution in [0.5, 0.6) is 0 Å². The number of hydrogen-bond donors (Lipinski definition) is 1. The highest BCUT2D eigenvalue weighted by atomic mass is 32.2. The zero-order valence-corrected chi connectivity index (χ0v) is 24.5. The highest BCUT2D eigenvalue weighted by Gasteiger charge is 2.33. The summed E-state index contributed by atoms with van der Waals surface area (Å²) in [5, 5.41) is 2.65. The number of aryl methyl sites for hydroxylation is 2. The van der Waals surface area contributed by atoms with Crippen LogP contribution < -0.4 is 9.62 Å². The van der Waals surface area contributed by atoms with Crippen molar-refractivity contribution < 1.29 is 18.0 Å². The number of carbonyl (C=O) groups excluding carboxylic acids is 2. The Morgan fingerprint density at radius 2 is 1.54 bits per heavy atom. The Kier molecular flexibility index (Phi) is 9.92. The van der Waals surface area contributed by atoms with E-state index in [4.69, 9.17) is 0 Å².